The highest BCUT2D eigenvalue weighted by molar-refractivity contribution is 5.74. The van der Waals surface area contributed by atoms with Crippen LogP contribution in [0, 0.1) is 6.92 Å². The van der Waals surface area contributed by atoms with Crippen molar-refractivity contribution in [1.29, 1.82) is 0 Å². The van der Waals surface area contributed by atoms with E-state index in [1.165, 1.54) is 5.69 Å². The molecule has 0 saturated carbocycles. The number of hydrogen-bond donors (Lipinski definition) is 1. The zero-order valence-corrected chi connectivity index (χ0v) is 16.6. The summed E-state index contributed by atoms with van der Waals surface area (Å²) in [4.78, 5) is 21.2. The van der Waals surface area contributed by atoms with Gasteiger partial charge in [-0.2, -0.15) is 0 Å². The number of nitrogens with zero attached hydrogens (tertiary/aromatic N) is 6. The Labute approximate surface area is 160 Å². The van der Waals surface area contributed by atoms with Crippen molar-refractivity contribution in [3.05, 3.63) is 36.2 Å². The lowest BCUT2D eigenvalue weighted by Gasteiger charge is -2.26. The summed E-state index contributed by atoms with van der Waals surface area (Å²) in [6.07, 6.45) is 6.36. The molecule has 1 fully saturated rings. The van der Waals surface area contributed by atoms with Gasteiger partial charge < -0.3 is 19.7 Å². The molecule has 8 heteroatoms. The SMILES string of the molecule is Cc1cnccc1N1CCCN(C(=O)N[C@H](C)c2nncn2C(C)C)CC1. The Hall–Kier alpha value is -2.64. The molecule has 1 saturated heterocycles. The number of carbonyl (C=O) groups is 1. The predicted octanol–water partition coefficient (Wildman–Crippen LogP) is 2.55. The van der Waals surface area contributed by atoms with Gasteiger partial charge in [-0.3, -0.25) is 4.98 Å². The van der Waals surface area contributed by atoms with Crippen LogP contribution in [0.5, 0.6) is 0 Å². The van der Waals surface area contributed by atoms with Crippen molar-refractivity contribution in [2.45, 2.75) is 46.2 Å². The van der Waals surface area contributed by atoms with Gasteiger partial charge >= 0.3 is 6.03 Å². The Morgan fingerprint density at radius 2 is 2.00 bits per heavy atom. The molecule has 1 atom stereocenters. The van der Waals surface area contributed by atoms with Crippen molar-refractivity contribution >= 4 is 11.7 Å². The molecule has 27 heavy (non-hydrogen) atoms. The summed E-state index contributed by atoms with van der Waals surface area (Å²) in [7, 11) is 0. The predicted molar refractivity (Wildman–Crippen MR) is 105 cm³/mol. The van der Waals surface area contributed by atoms with Crippen LogP contribution in [0.25, 0.3) is 0 Å². The highest BCUT2D eigenvalue weighted by Gasteiger charge is 2.23. The first kappa shape index (κ1) is 19.1. The number of urea groups is 1. The zero-order valence-electron chi connectivity index (χ0n) is 16.6. The second kappa shape index (κ2) is 8.37. The van der Waals surface area contributed by atoms with Crippen molar-refractivity contribution in [2.75, 3.05) is 31.1 Å². The molecule has 0 radical (unpaired) electrons. The number of anilines is 1. The van der Waals surface area contributed by atoms with Gasteiger partial charge in [-0.15, -0.1) is 10.2 Å². The third-order valence-corrected chi connectivity index (χ3v) is 5.00. The molecule has 8 nitrogen and oxygen atoms in total. The smallest absolute Gasteiger partial charge is 0.318 e. The average Bonchev–Trinajstić information content (AvgIpc) is 3.01. The molecule has 3 rings (SSSR count). The van der Waals surface area contributed by atoms with Gasteiger partial charge in [0.25, 0.3) is 0 Å². The first-order chi connectivity index (χ1) is 13.0. The monoisotopic (exact) mass is 371 g/mol. The fourth-order valence-electron chi connectivity index (χ4n) is 3.48. The number of rotatable bonds is 4. The van der Waals surface area contributed by atoms with E-state index in [-0.39, 0.29) is 18.1 Å². The molecular formula is C19H29N7O. The van der Waals surface area contributed by atoms with Crippen molar-refractivity contribution in [1.82, 2.24) is 30.0 Å². The van der Waals surface area contributed by atoms with Crippen molar-refractivity contribution in [3.63, 3.8) is 0 Å². The van der Waals surface area contributed by atoms with E-state index in [0.717, 1.165) is 37.4 Å². The zero-order chi connectivity index (χ0) is 19.4. The molecule has 3 heterocycles. The Balaban J connectivity index is 1.61. The topological polar surface area (TPSA) is 79.2 Å². The molecular weight excluding hydrogens is 342 g/mol. The van der Waals surface area contributed by atoms with E-state index in [4.69, 9.17) is 0 Å². The Morgan fingerprint density at radius 1 is 1.19 bits per heavy atom. The van der Waals surface area contributed by atoms with E-state index in [1.807, 2.05) is 34.9 Å². The molecule has 0 unspecified atom stereocenters. The van der Waals surface area contributed by atoms with E-state index >= 15 is 0 Å². The third kappa shape index (κ3) is 4.37. The number of amides is 2. The van der Waals surface area contributed by atoms with E-state index in [2.05, 4.69) is 46.2 Å². The number of aryl methyl sites for hydroxylation is 1. The van der Waals surface area contributed by atoms with Crippen LogP contribution in [-0.2, 0) is 0 Å². The van der Waals surface area contributed by atoms with E-state index in [9.17, 15) is 4.79 Å². The van der Waals surface area contributed by atoms with E-state index in [1.54, 1.807) is 6.33 Å². The Kier molecular flexibility index (Phi) is 5.93. The van der Waals surface area contributed by atoms with Crippen LogP contribution >= 0.6 is 0 Å². The van der Waals surface area contributed by atoms with Gasteiger partial charge in [0.05, 0.1) is 6.04 Å². The number of hydrogen-bond acceptors (Lipinski definition) is 5. The molecule has 0 aliphatic carbocycles. The minimum absolute atomic E-state index is 0.0471. The fourth-order valence-corrected chi connectivity index (χ4v) is 3.48. The molecule has 2 amide bonds. The summed E-state index contributed by atoms with van der Waals surface area (Å²) in [6.45, 7) is 11.4. The largest absolute Gasteiger partial charge is 0.369 e. The van der Waals surface area contributed by atoms with Gasteiger partial charge in [-0.25, -0.2) is 4.79 Å². The molecule has 0 aromatic carbocycles. The summed E-state index contributed by atoms with van der Waals surface area (Å²) in [5, 5.41) is 11.2. The second-order valence-electron chi connectivity index (χ2n) is 7.35. The first-order valence-corrected chi connectivity index (χ1v) is 9.57. The van der Waals surface area contributed by atoms with Gasteiger partial charge in [-0.1, -0.05) is 0 Å². The molecule has 146 valence electrons. The van der Waals surface area contributed by atoms with E-state index < -0.39 is 0 Å². The minimum atomic E-state index is -0.191. The summed E-state index contributed by atoms with van der Waals surface area (Å²) in [6, 6.07) is 2.06. The number of carbonyl (C=O) groups excluding carboxylic acids is 1. The lowest BCUT2D eigenvalue weighted by molar-refractivity contribution is 0.197. The van der Waals surface area contributed by atoms with Gasteiger partial charge in [0, 0.05) is 50.3 Å². The minimum Gasteiger partial charge on any atom is -0.369 e. The Bertz CT molecular complexity index is 773. The highest BCUT2D eigenvalue weighted by atomic mass is 16.2. The quantitative estimate of drug-likeness (QED) is 0.893. The summed E-state index contributed by atoms with van der Waals surface area (Å²) >= 11 is 0. The number of nitrogens with one attached hydrogen (secondary N) is 1. The third-order valence-electron chi connectivity index (χ3n) is 5.00. The van der Waals surface area contributed by atoms with Gasteiger partial charge in [0.15, 0.2) is 5.82 Å². The molecule has 0 spiro atoms. The van der Waals surface area contributed by atoms with Crippen LogP contribution in [0.2, 0.25) is 0 Å². The molecule has 1 aliphatic heterocycles. The summed E-state index contributed by atoms with van der Waals surface area (Å²) in [5.74, 6) is 0.780. The van der Waals surface area contributed by atoms with E-state index in [0.29, 0.717) is 6.54 Å². The van der Waals surface area contributed by atoms with Crippen molar-refractivity contribution < 1.29 is 4.79 Å². The van der Waals surface area contributed by atoms with Crippen LogP contribution in [0.3, 0.4) is 0 Å². The standard InChI is InChI=1S/C19H29N7O/c1-14(2)26-13-21-23-18(26)16(4)22-19(27)25-9-5-8-24(10-11-25)17-6-7-20-12-15(17)3/h6-7,12-14,16H,5,8-11H2,1-4H3,(H,22,27)/t16-/m1/s1. The van der Waals surface area contributed by atoms with Crippen molar-refractivity contribution in [2.24, 2.45) is 0 Å². The number of aromatic nitrogens is 4. The van der Waals surface area contributed by atoms with Crippen molar-refractivity contribution in [3.8, 4) is 0 Å². The lowest BCUT2D eigenvalue weighted by Crippen LogP contribution is -2.43. The van der Waals surface area contributed by atoms with Crippen LogP contribution in [0.4, 0.5) is 10.5 Å². The van der Waals surface area contributed by atoms with Gasteiger partial charge in [0.1, 0.15) is 6.33 Å². The normalized spacial score (nSPS) is 16.3. The van der Waals surface area contributed by atoms with Crippen LogP contribution in [-0.4, -0.2) is 56.9 Å². The summed E-state index contributed by atoms with van der Waals surface area (Å²) < 4.78 is 1.99. The summed E-state index contributed by atoms with van der Waals surface area (Å²) in [5.41, 5.74) is 2.36. The average molecular weight is 371 g/mol. The maximum atomic E-state index is 12.8. The highest BCUT2D eigenvalue weighted by Crippen LogP contribution is 2.20. The maximum absolute atomic E-state index is 12.8. The molecule has 2 aromatic rings. The fraction of sp³-hybridized carbons (Fsp3) is 0.579. The molecule has 2 aromatic heterocycles. The Morgan fingerprint density at radius 3 is 2.74 bits per heavy atom. The van der Waals surface area contributed by atoms with Gasteiger partial charge in [0.2, 0.25) is 0 Å². The van der Waals surface area contributed by atoms with Gasteiger partial charge in [-0.05, 0) is 45.7 Å². The number of pyridine rings is 1. The molecule has 1 N–H and O–H groups in total. The van der Waals surface area contributed by atoms with Crippen LogP contribution in [0.15, 0.2) is 24.8 Å². The first-order valence-electron chi connectivity index (χ1n) is 9.57. The second-order valence-corrected chi connectivity index (χ2v) is 7.35. The lowest BCUT2D eigenvalue weighted by atomic mass is 10.2. The van der Waals surface area contributed by atoms with Crippen LogP contribution < -0.4 is 10.2 Å². The molecule has 1 aliphatic rings. The molecule has 0 bridgehead atoms. The van der Waals surface area contributed by atoms with Crippen LogP contribution in [0.1, 0.15) is 50.7 Å². The maximum Gasteiger partial charge on any atom is 0.318 e.